The van der Waals surface area contributed by atoms with E-state index in [1.165, 1.54) is 0 Å². The van der Waals surface area contributed by atoms with Crippen molar-refractivity contribution in [3.63, 3.8) is 0 Å². The molecule has 0 bridgehead atoms. The predicted molar refractivity (Wildman–Crippen MR) is 145 cm³/mol. The summed E-state index contributed by atoms with van der Waals surface area (Å²) in [6.45, 7) is 1.93. The number of nitrogens with zero attached hydrogens (tertiary/aromatic N) is 4. The number of hydrogen-bond donors (Lipinski definition) is 4. The van der Waals surface area contributed by atoms with Gasteiger partial charge in [0, 0.05) is 35.0 Å². The number of fused-ring (bicyclic) bond motifs is 1. The molecule has 9 nitrogen and oxygen atoms in total. The van der Waals surface area contributed by atoms with Crippen LogP contribution in [0.15, 0.2) is 71.5 Å². The number of halogens is 1. The molecule has 10 heteroatoms. The van der Waals surface area contributed by atoms with Crippen LogP contribution in [-0.4, -0.2) is 37.7 Å². The molecule has 6 rings (SSSR count). The Kier molecular flexibility index (Phi) is 6.16. The van der Waals surface area contributed by atoms with Crippen molar-refractivity contribution < 1.29 is 9.18 Å². The topological polar surface area (TPSA) is 134 Å². The fourth-order valence-electron chi connectivity index (χ4n) is 4.69. The number of hydrogen-bond acceptors (Lipinski definition) is 7. The molecule has 0 aromatic carbocycles. The monoisotopic (exact) mass is 510 g/mol. The minimum absolute atomic E-state index is 0.0291. The fraction of sp³-hybridized carbons (Fsp3) is 0.250. The average Bonchev–Trinajstić information content (AvgIpc) is 3.59. The SMILES string of the molecule is C/C=C(\C=C1\C(c2nc3nccc(C4=CC(F)=CCC4)c3[nH]2)=NNC1N)c1cncc(NC(=O)C2CC2)c1. The van der Waals surface area contributed by atoms with E-state index in [1.807, 2.05) is 31.2 Å². The lowest BCUT2D eigenvalue weighted by Gasteiger charge is -2.11. The molecule has 0 saturated heterocycles. The van der Waals surface area contributed by atoms with Gasteiger partial charge in [0.15, 0.2) is 11.5 Å². The lowest BCUT2D eigenvalue weighted by Crippen LogP contribution is -2.32. The molecule has 1 unspecified atom stereocenters. The van der Waals surface area contributed by atoms with Gasteiger partial charge < -0.3 is 16.0 Å². The maximum Gasteiger partial charge on any atom is 0.227 e. The van der Waals surface area contributed by atoms with Gasteiger partial charge in [0.25, 0.3) is 0 Å². The molecule has 3 aliphatic rings. The van der Waals surface area contributed by atoms with E-state index < -0.39 is 6.17 Å². The molecule has 0 spiro atoms. The van der Waals surface area contributed by atoms with E-state index in [4.69, 9.17) is 5.73 Å². The van der Waals surface area contributed by atoms with Crippen LogP contribution in [0.1, 0.15) is 49.6 Å². The number of carbonyl (C=O) groups excluding carboxylic acids is 1. The van der Waals surface area contributed by atoms with Crippen molar-refractivity contribution in [3.05, 3.63) is 83.4 Å². The molecule has 5 N–H and O–H groups in total. The van der Waals surface area contributed by atoms with Crippen molar-refractivity contribution in [1.29, 1.82) is 0 Å². The second-order valence-corrected chi connectivity index (χ2v) is 9.58. The molecule has 1 fully saturated rings. The van der Waals surface area contributed by atoms with Gasteiger partial charge in [0.05, 0.1) is 17.4 Å². The molecule has 4 heterocycles. The number of nitrogens with one attached hydrogen (secondary N) is 3. The molecule has 3 aromatic heterocycles. The van der Waals surface area contributed by atoms with Crippen molar-refractivity contribution in [2.75, 3.05) is 5.32 Å². The molecule has 3 aromatic rings. The lowest BCUT2D eigenvalue weighted by atomic mass is 9.97. The van der Waals surface area contributed by atoms with Crippen LogP contribution in [0.2, 0.25) is 0 Å². The Balaban J connectivity index is 1.33. The van der Waals surface area contributed by atoms with Crippen LogP contribution in [0.25, 0.3) is 22.3 Å². The summed E-state index contributed by atoms with van der Waals surface area (Å²) in [7, 11) is 0. The summed E-state index contributed by atoms with van der Waals surface area (Å²) in [5, 5.41) is 7.40. The third-order valence-electron chi connectivity index (χ3n) is 6.86. The first-order chi connectivity index (χ1) is 18.5. The molecule has 1 aliphatic heterocycles. The number of imidazole rings is 1. The zero-order chi connectivity index (χ0) is 26.2. The minimum atomic E-state index is -0.549. The summed E-state index contributed by atoms with van der Waals surface area (Å²) in [4.78, 5) is 29.0. The highest BCUT2D eigenvalue weighted by Crippen LogP contribution is 2.32. The maximum absolute atomic E-state index is 13.9. The van der Waals surface area contributed by atoms with E-state index in [0.29, 0.717) is 29.3 Å². The number of amides is 1. The molecule has 2 aliphatic carbocycles. The van der Waals surface area contributed by atoms with Crippen molar-refractivity contribution in [2.24, 2.45) is 16.8 Å². The van der Waals surface area contributed by atoms with Crippen LogP contribution in [0, 0.1) is 5.92 Å². The van der Waals surface area contributed by atoms with E-state index in [2.05, 4.69) is 35.8 Å². The zero-order valence-electron chi connectivity index (χ0n) is 20.8. The van der Waals surface area contributed by atoms with Crippen LogP contribution in [-0.2, 0) is 4.79 Å². The quantitative estimate of drug-likeness (QED) is 0.389. The molecule has 192 valence electrons. The number of nitrogens with two attached hydrogens (primary N) is 1. The number of carbonyl (C=O) groups is 1. The number of pyridine rings is 2. The molecule has 1 atom stereocenters. The van der Waals surface area contributed by atoms with Crippen LogP contribution in [0.3, 0.4) is 0 Å². The highest BCUT2D eigenvalue weighted by Gasteiger charge is 2.30. The smallest absolute Gasteiger partial charge is 0.227 e. The normalized spacial score (nSPS) is 20.7. The summed E-state index contributed by atoms with van der Waals surface area (Å²) in [6.07, 6.45) is 14.8. The Morgan fingerprint density at radius 2 is 2.16 bits per heavy atom. The van der Waals surface area contributed by atoms with Crippen LogP contribution >= 0.6 is 0 Å². The van der Waals surface area contributed by atoms with E-state index in [9.17, 15) is 9.18 Å². The Morgan fingerprint density at radius 1 is 1.29 bits per heavy atom. The van der Waals surface area contributed by atoms with Gasteiger partial charge in [-0.2, -0.15) is 5.10 Å². The number of aromatic nitrogens is 4. The van der Waals surface area contributed by atoms with Gasteiger partial charge >= 0.3 is 0 Å². The number of hydrazone groups is 1. The summed E-state index contributed by atoms with van der Waals surface area (Å²) in [5.74, 6) is 0.410. The first-order valence-corrected chi connectivity index (χ1v) is 12.6. The van der Waals surface area contributed by atoms with Gasteiger partial charge in [-0.3, -0.25) is 15.2 Å². The van der Waals surface area contributed by atoms with E-state index in [0.717, 1.165) is 52.6 Å². The third-order valence-corrected chi connectivity index (χ3v) is 6.86. The van der Waals surface area contributed by atoms with Gasteiger partial charge in [0.1, 0.15) is 17.7 Å². The largest absolute Gasteiger partial charge is 0.335 e. The summed E-state index contributed by atoms with van der Waals surface area (Å²) >= 11 is 0. The maximum atomic E-state index is 13.9. The molecule has 0 radical (unpaired) electrons. The van der Waals surface area contributed by atoms with Crippen LogP contribution in [0.4, 0.5) is 10.1 Å². The Morgan fingerprint density at radius 3 is 2.95 bits per heavy atom. The first-order valence-electron chi connectivity index (χ1n) is 12.6. The van der Waals surface area contributed by atoms with Gasteiger partial charge in [-0.1, -0.05) is 6.08 Å². The second kappa shape index (κ2) is 9.79. The number of allylic oxidation sites excluding steroid dienone is 7. The standard InChI is InChI=1S/C28H27FN8O/c1-2-15(18-11-20(14-31-13-18)33-28(38)16-6-7-16)12-22-24(36-37-25(22)30)27-34-23-21(8-9-32-26(23)35-27)17-4-3-5-19(29)10-17/h2,5,8-14,16,25,37H,3-4,6-7,30H2,1H3,(H,33,38)(H,32,34,35)/b15-2+,22-12-. The van der Waals surface area contributed by atoms with Gasteiger partial charge in [-0.15, -0.1) is 0 Å². The predicted octanol–water partition coefficient (Wildman–Crippen LogP) is 4.35. The Hall–Kier alpha value is -4.44. The third kappa shape index (κ3) is 4.66. The van der Waals surface area contributed by atoms with E-state index in [-0.39, 0.29) is 17.7 Å². The van der Waals surface area contributed by atoms with E-state index >= 15 is 0 Å². The van der Waals surface area contributed by atoms with Crippen molar-refractivity contribution in [3.8, 4) is 0 Å². The Labute approximate surface area is 218 Å². The molecular formula is C28H27FN8O. The first kappa shape index (κ1) is 23.9. The van der Waals surface area contributed by atoms with Gasteiger partial charge in [0.2, 0.25) is 5.91 Å². The second-order valence-electron chi connectivity index (χ2n) is 9.58. The summed E-state index contributed by atoms with van der Waals surface area (Å²) in [6, 6.07) is 3.76. The average molecular weight is 511 g/mol. The van der Waals surface area contributed by atoms with Gasteiger partial charge in [-0.25, -0.2) is 14.4 Å². The molecule has 1 saturated carbocycles. The van der Waals surface area contributed by atoms with E-state index in [1.54, 1.807) is 30.7 Å². The summed E-state index contributed by atoms with van der Waals surface area (Å²) < 4.78 is 13.9. The molecular weight excluding hydrogens is 483 g/mol. The highest BCUT2D eigenvalue weighted by atomic mass is 19.1. The minimum Gasteiger partial charge on any atom is -0.335 e. The highest BCUT2D eigenvalue weighted by molar-refractivity contribution is 6.14. The van der Waals surface area contributed by atoms with Gasteiger partial charge in [-0.05, 0) is 74.1 Å². The van der Waals surface area contributed by atoms with Crippen molar-refractivity contribution in [2.45, 2.75) is 38.8 Å². The van der Waals surface area contributed by atoms with Crippen LogP contribution in [0.5, 0.6) is 0 Å². The number of anilines is 1. The summed E-state index contributed by atoms with van der Waals surface area (Å²) in [5.41, 5.74) is 16.0. The fourth-order valence-corrected chi connectivity index (χ4v) is 4.69. The number of H-pyrrole nitrogens is 1. The lowest BCUT2D eigenvalue weighted by molar-refractivity contribution is -0.117. The zero-order valence-corrected chi connectivity index (χ0v) is 20.8. The molecule has 38 heavy (non-hydrogen) atoms. The van der Waals surface area contributed by atoms with Crippen molar-refractivity contribution in [1.82, 2.24) is 25.4 Å². The van der Waals surface area contributed by atoms with Crippen molar-refractivity contribution >= 4 is 39.6 Å². The number of aromatic amines is 1. The number of rotatable bonds is 6. The molecule has 1 amide bonds. The van der Waals surface area contributed by atoms with Crippen LogP contribution < -0.4 is 16.5 Å². The Bertz CT molecular complexity index is 1590.